The lowest BCUT2D eigenvalue weighted by molar-refractivity contribution is 0.584. The smallest absolute Gasteiger partial charge is 0.210 e. The van der Waals surface area contributed by atoms with E-state index in [1.807, 2.05) is 12.3 Å². The van der Waals surface area contributed by atoms with Crippen molar-refractivity contribution in [2.75, 3.05) is 18.6 Å². The highest BCUT2D eigenvalue weighted by molar-refractivity contribution is 7.98. The molecule has 86 valence electrons. The van der Waals surface area contributed by atoms with Crippen LogP contribution in [-0.4, -0.2) is 27.0 Å². The molecule has 0 fully saturated rings. The molecule has 1 aromatic rings. The molecule has 0 radical (unpaired) electrons. The van der Waals surface area contributed by atoms with Gasteiger partial charge >= 0.3 is 0 Å². The number of rotatable bonds is 5. The van der Waals surface area contributed by atoms with Crippen molar-refractivity contribution in [2.24, 2.45) is 0 Å². The Balaban J connectivity index is 2.95. The maximum absolute atomic E-state index is 11.8. The molecule has 1 N–H and O–H groups in total. The van der Waals surface area contributed by atoms with E-state index in [1.54, 1.807) is 23.9 Å². The van der Waals surface area contributed by atoms with Gasteiger partial charge in [-0.3, -0.25) is 0 Å². The minimum absolute atomic E-state index is 0.0404. The van der Waals surface area contributed by atoms with Crippen LogP contribution in [-0.2, 0) is 10.0 Å². The molecule has 0 heterocycles. The Morgan fingerprint density at radius 2 is 2.12 bits per heavy atom. The number of benzene rings is 1. The highest BCUT2D eigenvalue weighted by atomic mass is 32.2. The molecule has 0 aliphatic rings. The van der Waals surface area contributed by atoms with Crippen molar-refractivity contribution in [3.05, 3.63) is 29.8 Å². The van der Waals surface area contributed by atoms with E-state index >= 15 is 0 Å². The van der Waals surface area contributed by atoms with Crippen molar-refractivity contribution < 1.29 is 8.42 Å². The van der Waals surface area contributed by atoms with Gasteiger partial charge in [0.2, 0.25) is 10.0 Å². The van der Waals surface area contributed by atoms with Crippen LogP contribution in [0.2, 0.25) is 0 Å². The van der Waals surface area contributed by atoms with Gasteiger partial charge in [-0.25, -0.2) is 13.1 Å². The second kappa shape index (κ2) is 5.89. The molecule has 16 heavy (non-hydrogen) atoms. The molecular formula is C10H12N2O2S2. The number of hydrogen-bond donors (Lipinski definition) is 1. The first-order valence-electron chi connectivity index (χ1n) is 4.59. The molecule has 4 nitrogen and oxygen atoms in total. The van der Waals surface area contributed by atoms with Gasteiger partial charge in [0.25, 0.3) is 0 Å². The first kappa shape index (κ1) is 13.0. The summed E-state index contributed by atoms with van der Waals surface area (Å²) in [5.74, 6) is 0.702. The molecule has 6 heteroatoms. The van der Waals surface area contributed by atoms with Gasteiger partial charge in [-0.05, 0) is 18.4 Å². The third kappa shape index (κ3) is 3.23. The lowest BCUT2D eigenvalue weighted by Crippen LogP contribution is -2.26. The number of sulfonamides is 1. The van der Waals surface area contributed by atoms with Gasteiger partial charge in [-0.1, -0.05) is 12.1 Å². The predicted molar refractivity (Wildman–Crippen MR) is 64.7 cm³/mol. The Labute approximate surface area is 99.7 Å². The van der Waals surface area contributed by atoms with Crippen LogP contribution >= 0.6 is 11.8 Å². The second-order valence-corrected chi connectivity index (χ2v) is 5.72. The molecule has 0 aromatic heterocycles. The number of nitrogens with zero attached hydrogens (tertiary/aromatic N) is 1. The van der Waals surface area contributed by atoms with Crippen molar-refractivity contribution in [1.29, 1.82) is 5.26 Å². The maximum Gasteiger partial charge on any atom is 0.241 e. The van der Waals surface area contributed by atoms with Gasteiger partial charge < -0.3 is 0 Å². The molecule has 0 bridgehead atoms. The van der Waals surface area contributed by atoms with Gasteiger partial charge in [0.15, 0.2) is 0 Å². The number of nitrogens with one attached hydrogen (secondary N) is 1. The first-order chi connectivity index (χ1) is 7.61. The van der Waals surface area contributed by atoms with E-state index in [1.165, 1.54) is 12.1 Å². The van der Waals surface area contributed by atoms with Crippen LogP contribution in [0.15, 0.2) is 29.2 Å². The summed E-state index contributed by atoms with van der Waals surface area (Å²) in [6, 6.07) is 8.03. The monoisotopic (exact) mass is 256 g/mol. The summed E-state index contributed by atoms with van der Waals surface area (Å²) in [5.41, 5.74) is 0.166. The third-order valence-electron chi connectivity index (χ3n) is 1.90. The summed E-state index contributed by atoms with van der Waals surface area (Å²) in [6.07, 6.45) is 1.90. The zero-order valence-electron chi connectivity index (χ0n) is 8.80. The molecule has 1 aromatic carbocycles. The Morgan fingerprint density at radius 1 is 1.44 bits per heavy atom. The molecule has 0 spiro atoms. The van der Waals surface area contributed by atoms with Crippen LogP contribution in [0, 0.1) is 11.3 Å². The zero-order valence-corrected chi connectivity index (χ0v) is 10.4. The molecule has 0 amide bonds. The zero-order chi connectivity index (χ0) is 12.0. The Bertz CT molecular complexity index is 492. The predicted octanol–water partition coefficient (Wildman–Crippen LogP) is 1.20. The van der Waals surface area contributed by atoms with Crippen molar-refractivity contribution >= 4 is 21.8 Å². The molecule has 0 saturated heterocycles. The molecule has 0 aliphatic carbocycles. The third-order valence-corrected chi connectivity index (χ3v) is 4.03. The highest BCUT2D eigenvalue weighted by Crippen LogP contribution is 2.13. The van der Waals surface area contributed by atoms with Gasteiger partial charge in [0, 0.05) is 12.3 Å². The summed E-state index contributed by atoms with van der Waals surface area (Å²) in [4.78, 5) is 0.0404. The van der Waals surface area contributed by atoms with Crippen LogP contribution in [0.3, 0.4) is 0 Å². The van der Waals surface area contributed by atoms with E-state index in [0.717, 1.165) is 0 Å². The van der Waals surface area contributed by atoms with Crippen molar-refractivity contribution in [2.45, 2.75) is 4.90 Å². The van der Waals surface area contributed by atoms with Gasteiger partial charge in [0.1, 0.15) is 6.07 Å². The lowest BCUT2D eigenvalue weighted by atomic mass is 10.2. The minimum Gasteiger partial charge on any atom is -0.210 e. The van der Waals surface area contributed by atoms with Gasteiger partial charge in [-0.15, -0.1) is 0 Å². The SMILES string of the molecule is CSCCNS(=O)(=O)c1ccccc1C#N. The molecule has 0 atom stereocenters. The standard InChI is InChI=1S/C10H12N2O2S2/c1-15-7-6-12-16(13,14)10-5-3-2-4-9(10)8-11/h2-5,12H,6-7H2,1H3. The summed E-state index contributed by atoms with van der Waals surface area (Å²) in [5, 5.41) is 8.81. The average Bonchev–Trinajstić information content (AvgIpc) is 2.29. The quantitative estimate of drug-likeness (QED) is 0.804. The van der Waals surface area contributed by atoms with Crippen LogP contribution in [0.1, 0.15) is 5.56 Å². The number of hydrogen-bond acceptors (Lipinski definition) is 4. The summed E-state index contributed by atoms with van der Waals surface area (Å²) >= 11 is 1.56. The van der Waals surface area contributed by atoms with E-state index in [4.69, 9.17) is 5.26 Å². The van der Waals surface area contributed by atoms with E-state index < -0.39 is 10.0 Å². The van der Waals surface area contributed by atoms with E-state index in [-0.39, 0.29) is 10.5 Å². The maximum atomic E-state index is 11.8. The summed E-state index contributed by atoms with van der Waals surface area (Å²) in [6.45, 7) is 0.364. The fourth-order valence-corrected chi connectivity index (χ4v) is 2.77. The van der Waals surface area contributed by atoms with Crippen LogP contribution in [0.25, 0.3) is 0 Å². The van der Waals surface area contributed by atoms with Crippen LogP contribution in [0.4, 0.5) is 0 Å². The average molecular weight is 256 g/mol. The molecule has 0 aliphatic heterocycles. The molecule has 0 unspecified atom stereocenters. The Kier molecular flexibility index (Phi) is 4.80. The highest BCUT2D eigenvalue weighted by Gasteiger charge is 2.16. The van der Waals surface area contributed by atoms with Crippen molar-refractivity contribution in [3.8, 4) is 6.07 Å². The fourth-order valence-electron chi connectivity index (χ4n) is 1.15. The second-order valence-electron chi connectivity index (χ2n) is 3.00. The van der Waals surface area contributed by atoms with Crippen LogP contribution in [0.5, 0.6) is 0 Å². The molecule has 0 saturated carbocycles. The van der Waals surface area contributed by atoms with Gasteiger partial charge in [0.05, 0.1) is 10.5 Å². The first-order valence-corrected chi connectivity index (χ1v) is 7.47. The topological polar surface area (TPSA) is 70.0 Å². The summed E-state index contributed by atoms with van der Waals surface area (Å²) in [7, 11) is -3.56. The Hall–Kier alpha value is -1.03. The summed E-state index contributed by atoms with van der Waals surface area (Å²) < 4.78 is 26.1. The minimum atomic E-state index is -3.56. The van der Waals surface area contributed by atoms with Crippen LogP contribution < -0.4 is 4.72 Å². The molecule has 1 rings (SSSR count). The van der Waals surface area contributed by atoms with Gasteiger partial charge in [-0.2, -0.15) is 17.0 Å². The van der Waals surface area contributed by atoms with E-state index in [2.05, 4.69) is 4.72 Å². The lowest BCUT2D eigenvalue weighted by Gasteiger charge is -2.06. The fraction of sp³-hybridized carbons (Fsp3) is 0.300. The van der Waals surface area contributed by atoms with Crippen molar-refractivity contribution in [1.82, 2.24) is 4.72 Å². The van der Waals surface area contributed by atoms with E-state index in [9.17, 15) is 8.42 Å². The molecular weight excluding hydrogens is 244 g/mol. The van der Waals surface area contributed by atoms with Crippen molar-refractivity contribution in [3.63, 3.8) is 0 Å². The number of thioether (sulfide) groups is 1. The normalized spacial score (nSPS) is 11.0. The Morgan fingerprint density at radius 3 is 2.75 bits per heavy atom. The van der Waals surface area contributed by atoms with E-state index in [0.29, 0.717) is 12.3 Å². The number of nitriles is 1. The largest absolute Gasteiger partial charge is 0.241 e.